The molecule has 0 spiro atoms. The van der Waals surface area contributed by atoms with Gasteiger partial charge in [-0.1, -0.05) is 58.8 Å². The zero-order valence-corrected chi connectivity index (χ0v) is 14.5. The monoisotopic (exact) mass is 303 g/mol. The SMILES string of the molecule is CCCCCCC1CCC(COc2ccc(CC)nc2)CC1. The Labute approximate surface area is 136 Å². The molecule has 124 valence electrons. The summed E-state index contributed by atoms with van der Waals surface area (Å²) in [5, 5.41) is 0. The Morgan fingerprint density at radius 1 is 1.00 bits per heavy atom. The van der Waals surface area contributed by atoms with E-state index in [2.05, 4.69) is 31.0 Å². The Bertz CT molecular complexity index is 393. The van der Waals surface area contributed by atoms with Crippen LogP contribution >= 0.6 is 0 Å². The highest BCUT2D eigenvalue weighted by Gasteiger charge is 2.21. The second-order valence-corrected chi connectivity index (χ2v) is 6.89. The number of hydrogen-bond acceptors (Lipinski definition) is 2. The summed E-state index contributed by atoms with van der Waals surface area (Å²) in [6.07, 6.45) is 15.5. The van der Waals surface area contributed by atoms with Gasteiger partial charge in [-0.25, -0.2) is 0 Å². The van der Waals surface area contributed by atoms with E-state index < -0.39 is 0 Å². The summed E-state index contributed by atoms with van der Waals surface area (Å²) >= 11 is 0. The van der Waals surface area contributed by atoms with Crippen LogP contribution in [-0.4, -0.2) is 11.6 Å². The highest BCUT2D eigenvalue weighted by atomic mass is 16.5. The van der Waals surface area contributed by atoms with E-state index in [1.54, 1.807) is 0 Å². The van der Waals surface area contributed by atoms with Gasteiger partial charge in [0.15, 0.2) is 0 Å². The van der Waals surface area contributed by atoms with Gasteiger partial charge in [0.1, 0.15) is 5.75 Å². The fourth-order valence-electron chi connectivity index (χ4n) is 3.47. The second-order valence-electron chi connectivity index (χ2n) is 6.89. The molecule has 0 N–H and O–H groups in total. The fourth-order valence-corrected chi connectivity index (χ4v) is 3.47. The lowest BCUT2D eigenvalue weighted by atomic mass is 9.80. The summed E-state index contributed by atoms with van der Waals surface area (Å²) in [5.74, 6) is 2.66. The maximum Gasteiger partial charge on any atom is 0.137 e. The molecule has 2 rings (SSSR count). The van der Waals surface area contributed by atoms with Crippen molar-refractivity contribution in [1.29, 1.82) is 0 Å². The largest absolute Gasteiger partial charge is 0.492 e. The van der Waals surface area contributed by atoms with Gasteiger partial charge in [0.05, 0.1) is 12.8 Å². The van der Waals surface area contributed by atoms with Crippen molar-refractivity contribution in [1.82, 2.24) is 4.98 Å². The number of rotatable bonds is 9. The molecular weight excluding hydrogens is 270 g/mol. The Hall–Kier alpha value is -1.05. The zero-order chi connectivity index (χ0) is 15.6. The highest BCUT2D eigenvalue weighted by Crippen LogP contribution is 2.32. The number of aryl methyl sites for hydroxylation is 1. The molecule has 0 unspecified atom stereocenters. The molecule has 0 amide bonds. The normalized spacial score (nSPS) is 21.7. The maximum atomic E-state index is 5.93. The lowest BCUT2D eigenvalue weighted by Gasteiger charge is -2.28. The van der Waals surface area contributed by atoms with Crippen LogP contribution in [0.25, 0.3) is 0 Å². The van der Waals surface area contributed by atoms with Crippen LogP contribution in [-0.2, 0) is 6.42 Å². The Morgan fingerprint density at radius 2 is 1.77 bits per heavy atom. The summed E-state index contributed by atoms with van der Waals surface area (Å²) in [7, 11) is 0. The molecule has 1 heterocycles. The molecule has 22 heavy (non-hydrogen) atoms. The molecule has 0 atom stereocenters. The molecule has 1 aromatic heterocycles. The van der Waals surface area contributed by atoms with E-state index in [9.17, 15) is 0 Å². The number of hydrogen-bond donors (Lipinski definition) is 0. The topological polar surface area (TPSA) is 22.1 Å². The van der Waals surface area contributed by atoms with E-state index in [0.29, 0.717) is 0 Å². The molecule has 0 aliphatic heterocycles. The number of nitrogens with zero attached hydrogens (tertiary/aromatic N) is 1. The predicted molar refractivity (Wildman–Crippen MR) is 93.3 cm³/mol. The summed E-state index contributed by atoms with van der Waals surface area (Å²) in [6.45, 7) is 5.29. The van der Waals surface area contributed by atoms with Crippen LogP contribution in [0.1, 0.15) is 77.3 Å². The first-order valence-electron chi connectivity index (χ1n) is 9.39. The molecule has 2 heteroatoms. The van der Waals surface area contributed by atoms with E-state index >= 15 is 0 Å². The highest BCUT2D eigenvalue weighted by molar-refractivity contribution is 5.19. The lowest BCUT2D eigenvalue weighted by Crippen LogP contribution is -2.20. The van der Waals surface area contributed by atoms with Gasteiger partial charge in [0, 0.05) is 5.69 Å². The summed E-state index contributed by atoms with van der Waals surface area (Å²) in [5.41, 5.74) is 1.14. The average Bonchev–Trinajstić information content (AvgIpc) is 2.58. The predicted octanol–water partition coefficient (Wildman–Crippen LogP) is 5.80. The first kappa shape index (κ1) is 17.3. The Morgan fingerprint density at radius 3 is 2.41 bits per heavy atom. The number of aromatic nitrogens is 1. The third-order valence-corrected chi connectivity index (χ3v) is 5.08. The average molecular weight is 303 g/mol. The molecular formula is C20H33NO. The van der Waals surface area contributed by atoms with Crippen LogP contribution in [0.4, 0.5) is 0 Å². The molecule has 0 radical (unpaired) electrons. The minimum atomic E-state index is 0.748. The van der Waals surface area contributed by atoms with Gasteiger partial charge in [-0.05, 0) is 43.2 Å². The smallest absolute Gasteiger partial charge is 0.137 e. The third kappa shape index (κ3) is 5.98. The molecule has 1 fully saturated rings. The van der Waals surface area contributed by atoms with Crippen molar-refractivity contribution in [2.24, 2.45) is 11.8 Å². The third-order valence-electron chi connectivity index (χ3n) is 5.08. The van der Waals surface area contributed by atoms with Crippen LogP contribution in [0.2, 0.25) is 0 Å². The van der Waals surface area contributed by atoms with Crippen molar-refractivity contribution in [3.63, 3.8) is 0 Å². The lowest BCUT2D eigenvalue weighted by molar-refractivity contribution is 0.177. The fraction of sp³-hybridized carbons (Fsp3) is 0.750. The number of ether oxygens (including phenoxy) is 1. The van der Waals surface area contributed by atoms with Crippen molar-refractivity contribution in [3.05, 3.63) is 24.0 Å². The first-order chi connectivity index (χ1) is 10.8. The molecule has 1 aliphatic carbocycles. The van der Waals surface area contributed by atoms with Crippen molar-refractivity contribution >= 4 is 0 Å². The van der Waals surface area contributed by atoms with E-state index in [1.807, 2.05) is 6.20 Å². The van der Waals surface area contributed by atoms with Crippen molar-refractivity contribution < 1.29 is 4.74 Å². The maximum absolute atomic E-state index is 5.93. The molecule has 1 aliphatic rings. The summed E-state index contributed by atoms with van der Waals surface area (Å²) in [4.78, 5) is 4.40. The molecule has 1 aromatic rings. The van der Waals surface area contributed by atoms with Crippen LogP contribution in [0.3, 0.4) is 0 Å². The standard InChI is InChI=1S/C20H33NO/c1-3-5-6-7-8-17-9-11-18(12-10-17)16-22-20-14-13-19(4-2)21-15-20/h13-15,17-18H,3-12,16H2,1-2H3. The van der Waals surface area contributed by atoms with Crippen LogP contribution in [0.5, 0.6) is 5.75 Å². The summed E-state index contributed by atoms with van der Waals surface area (Å²) in [6, 6.07) is 4.13. The molecule has 1 saturated carbocycles. The van der Waals surface area contributed by atoms with Crippen LogP contribution in [0.15, 0.2) is 18.3 Å². The van der Waals surface area contributed by atoms with Crippen LogP contribution < -0.4 is 4.74 Å². The van der Waals surface area contributed by atoms with E-state index in [1.165, 1.54) is 57.8 Å². The van der Waals surface area contributed by atoms with E-state index in [4.69, 9.17) is 4.74 Å². The van der Waals surface area contributed by atoms with Gasteiger partial charge in [-0.3, -0.25) is 4.98 Å². The minimum Gasteiger partial charge on any atom is -0.492 e. The van der Waals surface area contributed by atoms with Gasteiger partial charge >= 0.3 is 0 Å². The van der Waals surface area contributed by atoms with Gasteiger partial charge < -0.3 is 4.74 Å². The van der Waals surface area contributed by atoms with Crippen LogP contribution in [0, 0.1) is 11.8 Å². The summed E-state index contributed by atoms with van der Waals surface area (Å²) < 4.78 is 5.93. The quantitative estimate of drug-likeness (QED) is 0.538. The number of pyridine rings is 1. The van der Waals surface area contributed by atoms with Gasteiger partial charge in [0.25, 0.3) is 0 Å². The Balaban J connectivity index is 1.60. The minimum absolute atomic E-state index is 0.748. The number of unbranched alkanes of at least 4 members (excludes halogenated alkanes) is 3. The van der Waals surface area contributed by atoms with Crippen molar-refractivity contribution in [3.8, 4) is 5.75 Å². The molecule has 0 bridgehead atoms. The molecule has 2 nitrogen and oxygen atoms in total. The molecule has 0 saturated heterocycles. The second kappa shape index (κ2) is 9.86. The van der Waals surface area contributed by atoms with Gasteiger partial charge in [-0.15, -0.1) is 0 Å². The van der Waals surface area contributed by atoms with Crippen molar-refractivity contribution in [2.45, 2.75) is 78.1 Å². The van der Waals surface area contributed by atoms with Crippen molar-refractivity contribution in [2.75, 3.05) is 6.61 Å². The molecule has 0 aromatic carbocycles. The van der Waals surface area contributed by atoms with E-state index in [0.717, 1.165) is 36.3 Å². The zero-order valence-electron chi connectivity index (χ0n) is 14.5. The first-order valence-corrected chi connectivity index (χ1v) is 9.39. The van der Waals surface area contributed by atoms with Gasteiger partial charge in [-0.2, -0.15) is 0 Å². The van der Waals surface area contributed by atoms with Gasteiger partial charge in [0.2, 0.25) is 0 Å². The Kier molecular flexibility index (Phi) is 7.76. The van der Waals surface area contributed by atoms with E-state index in [-0.39, 0.29) is 0 Å².